The van der Waals surface area contributed by atoms with E-state index in [-0.39, 0.29) is 11.9 Å². The zero-order chi connectivity index (χ0) is 12.3. The maximum Gasteiger partial charge on any atom is 0.131 e. The fourth-order valence-electron chi connectivity index (χ4n) is 3.49. The summed E-state index contributed by atoms with van der Waals surface area (Å²) in [5, 5.41) is 10.1. The highest BCUT2D eigenvalue weighted by molar-refractivity contribution is 5.76. The molecule has 1 saturated carbocycles. The molecule has 2 aliphatic rings. The first-order chi connectivity index (χ1) is 8.18. The molecule has 2 fully saturated rings. The summed E-state index contributed by atoms with van der Waals surface area (Å²) < 4.78 is 0. The molecule has 98 valence electrons. The highest BCUT2D eigenvalue weighted by atomic mass is 16.3. The Balaban J connectivity index is 2.01. The van der Waals surface area contributed by atoms with Gasteiger partial charge in [-0.05, 0) is 39.2 Å². The van der Waals surface area contributed by atoms with E-state index < -0.39 is 0 Å². The Bertz CT molecular complexity index is 267. The van der Waals surface area contributed by atoms with Gasteiger partial charge in [-0.1, -0.05) is 19.3 Å². The van der Waals surface area contributed by atoms with Crippen LogP contribution in [0.1, 0.15) is 58.3 Å². The van der Waals surface area contributed by atoms with Gasteiger partial charge in [-0.25, -0.2) is 0 Å². The van der Waals surface area contributed by atoms with Crippen molar-refractivity contribution in [3.8, 4) is 0 Å². The number of nitrogens with zero attached hydrogens (tertiary/aromatic N) is 1. The van der Waals surface area contributed by atoms with Crippen LogP contribution < -0.4 is 0 Å². The van der Waals surface area contributed by atoms with E-state index in [0.717, 1.165) is 32.2 Å². The van der Waals surface area contributed by atoms with E-state index in [1.807, 2.05) is 0 Å². The molecule has 1 aliphatic heterocycles. The molecule has 0 spiro atoms. The number of rotatable bonds is 3. The van der Waals surface area contributed by atoms with Gasteiger partial charge >= 0.3 is 0 Å². The topological polar surface area (TPSA) is 40.5 Å². The van der Waals surface area contributed by atoms with Crippen LogP contribution in [0, 0.1) is 0 Å². The third-order valence-electron chi connectivity index (χ3n) is 4.32. The maximum absolute atomic E-state index is 11.3. The smallest absolute Gasteiger partial charge is 0.131 e. The summed E-state index contributed by atoms with van der Waals surface area (Å²) in [7, 11) is 0. The second-order valence-electron chi connectivity index (χ2n) is 5.71. The van der Waals surface area contributed by atoms with E-state index in [0.29, 0.717) is 18.5 Å². The van der Waals surface area contributed by atoms with Gasteiger partial charge in [0.15, 0.2) is 0 Å². The number of hydrogen-bond acceptors (Lipinski definition) is 3. The normalized spacial score (nSPS) is 35.8. The highest BCUT2D eigenvalue weighted by Gasteiger charge is 2.34. The molecule has 0 radical (unpaired) electrons. The molecular formula is C14H25NO2. The Morgan fingerprint density at radius 1 is 1.18 bits per heavy atom. The van der Waals surface area contributed by atoms with Gasteiger partial charge in [0.2, 0.25) is 0 Å². The van der Waals surface area contributed by atoms with Crippen molar-refractivity contribution in [2.75, 3.05) is 6.54 Å². The summed E-state index contributed by atoms with van der Waals surface area (Å²) in [6, 6.07) is 0.701. The highest BCUT2D eigenvalue weighted by Crippen LogP contribution is 2.30. The average molecular weight is 239 g/mol. The summed E-state index contributed by atoms with van der Waals surface area (Å²) in [5.74, 6) is 0.284. The summed E-state index contributed by atoms with van der Waals surface area (Å²) in [4.78, 5) is 13.8. The van der Waals surface area contributed by atoms with E-state index in [1.54, 1.807) is 6.92 Å². The number of aliphatic hydroxyl groups excluding tert-OH is 1. The van der Waals surface area contributed by atoms with Gasteiger partial charge in [-0.15, -0.1) is 0 Å². The summed E-state index contributed by atoms with van der Waals surface area (Å²) in [6.45, 7) is 2.75. The first-order valence-electron chi connectivity index (χ1n) is 7.11. The molecule has 3 heteroatoms. The number of likely N-dealkylation sites (tertiary alicyclic amines) is 1. The molecule has 1 N–H and O–H groups in total. The molecule has 0 aromatic heterocycles. The molecule has 1 heterocycles. The van der Waals surface area contributed by atoms with E-state index >= 15 is 0 Å². The average Bonchev–Trinajstić information content (AvgIpc) is 2.30. The van der Waals surface area contributed by atoms with Gasteiger partial charge < -0.3 is 5.11 Å². The monoisotopic (exact) mass is 239 g/mol. The van der Waals surface area contributed by atoms with E-state index in [2.05, 4.69) is 4.90 Å². The molecule has 3 atom stereocenters. The van der Waals surface area contributed by atoms with Crippen molar-refractivity contribution in [3.63, 3.8) is 0 Å². The predicted molar refractivity (Wildman–Crippen MR) is 67.9 cm³/mol. The van der Waals surface area contributed by atoms with Crippen LogP contribution in [0.15, 0.2) is 0 Å². The molecule has 0 bridgehead atoms. The number of aliphatic hydroxyl groups is 1. The molecular weight excluding hydrogens is 214 g/mol. The molecule has 3 unspecified atom stereocenters. The Labute approximate surface area is 104 Å². The van der Waals surface area contributed by atoms with Crippen LogP contribution in [-0.2, 0) is 4.79 Å². The SMILES string of the molecule is CC(=O)CC1CCCCN1C1CCCCC1O. The summed E-state index contributed by atoms with van der Waals surface area (Å²) in [5.41, 5.74) is 0. The van der Waals surface area contributed by atoms with Gasteiger partial charge in [0.25, 0.3) is 0 Å². The minimum Gasteiger partial charge on any atom is -0.391 e. The zero-order valence-electron chi connectivity index (χ0n) is 10.9. The van der Waals surface area contributed by atoms with Crippen molar-refractivity contribution in [1.29, 1.82) is 0 Å². The molecule has 0 aromatic rings. The first-order valence-corrected chi connectivity index (χ1v) is 7.11. The lowest BCUT2D eigenvalue weighted by Gasteiger charge is -2.44. The van der Waals surface area contributed by atoms with Crippen LogP contribution in [0.4, 0.5) is 0 Å². The second-order valence-corrected chi connectivity index (χ2v) is 5.71. The molecule has 3 nitrogen and oxygen atoms in total. The predicted octanol–water partition coefficient (Wildman–Crippen LogP) is 2.12. The minimum absolute atomic E-state index is 0.170. The standard InChI is InChI=1S/C14H25NO2/c1-11(16)10-12-6-4-5-9-15(12)13-7-2-3-8-14(13)17/h12-14,17H,2-10H2,1H3. The lowest BCUT2D eigenvalue weighted by Crippen LogP contribution is -2.52. The summed E-state index contributed by atoms with van der Waals surface area (Å²) >= 11 is 0. The van der Waals surface area contributed by atoms with Gasteiger partial charge in [0.1, 0.15) is 5.78 Å². The molecule has 2 rings (SSSR count). The Morgan fingerprint density at radius 2 is 1.88 bits per heavy atom. The number of hydrogen-bond donors (Lipinski definition) is 1. The minimum atomic E-state index is -0.170. The molecule has 1 saturated heterocycles. The van der Waals surface area contributed by atoms with E-state index in [1.165, 1.54) is 19.3 Å². The van der Waals surface area contributed by atoms with Crippen molar-refractivity contribution in [3.05, 3.63) is 0 Å². The molecule has 1 aliphatic carbocycles. The van der Waals surface area contributed by atoms with E-state index in [4.69, 9.17) is 0 Å². The van der Waals surface area contributed by atoms with Crippen LogP contribution in [0.3, 0.4) is 0 Å². The fraction of sp³-hybridized carbons (Fsp3) is 0.929. The van der Waals surface area contributed by atoms with Gasteiger partial charge in [0.05, 0.1) is 6.10 Å². The quantitative estimate of drug-likeness (QED) is 0.820. The number of piperidine rings is 1. The molecule has 0 amide bonds. The van der Waals surface area contributed by atoms with Gasteiger partial charge in [-0.2, -0.15) is 0 Å². The number of ketones is 1. The van der Waals surface area contributed by atoms with Crippen LogP contribution in [0.2, 0.25) is 0 Å². The zero-order valence-corrected chi connectivity index (χ0v) is 10.9. The van der Waals surface area contributed by atoms with Crippen molar-refractivity contribution < 1.29 is 9.90 Å². The van der Waals surface area contributed by atoms with Gasteiger partial charge in [-0.3, -0.25) is 9.69 Å². The van der Waals surface area contributed by atoms with Crippen LogP contribution in [0.25, 0.3) is 0 Å². The first kappa shape index (κ1) is 13.0. The Morgan fingerprint density at radius 3 is 2.59 bits per heavy atom. The molecule has 17 heavy (non-hydrogen) atoms. The fourth-order valence-corrected chi connectivity index (χ4v) is 3.49. The van der Waals surface area contributed by atoms with Crippen LogP contribution in [-0.4, -0.2) is 40.5 Å². The maximum atomic E-state index is 11.3. The van der Waals surface area contributed by atoms with Crippen molar-refractivity contribution in [2.45, 2.75) is 76.5 Å². The largest absolute Gasteiger partial charge is 0.391 e. The number of carbonyl (C=O) groups excluding carboxylic acids is 1. The van der Waals surface area contributed by atoms with Crippen molar-refractivity contribution in [2.24, 2.45) is 0 Å². The Hall–Kier alpha value is -0.410. The third-order valence-corrected chi connectivity index (χ3v) is 4.32. The lowest BCUT2D eigenvalue weighted by molar-refractivity contribution is -0.119. The second kappa shape index (κ2) is 5.96. The van der Waals surface area contributed by atoms with Crippen LogP contribution >= 0.6 is 0 Å². The van der Waals surface area contributed by atoms with E-state index in [9.17, 15) is 9.90 Å². The third kappa shape index (κ3) is 3.29. The van der Waals surface area contributed by atoms with Gasteiger partial charge in [0, 0.05) is 18.5 Å². The number of Topliss-reactive ketones (excluding diaryl/α,β-unsaturated/α-hetero) is 1. The van der Waals surface area contributed by atoms with Crippen molar-refractivity contribution in [1.82, 2.24) is 4.90 Å². The van der Waals surface area contributed by atoms with Crippen LogP contribution in [0.5, 0.6) is 0 Å². The summed E-state index contributed by atoms with van der Waals surface area (Å²) in [6.07, 6.45) is 8.51. The number of carbonyl (C=O) groups is 1. The Kier molecular flexibility index (Phi) is 4.57. The lowest BCUT2D eigenvalue weighted by atomic mass is 9.87. The molecule has 0 aromatic carbocycles. The van der Waals surface area contributed by atoms with Crippen molar-refractivity contribution >= 4 is 5.78 Å².